The van der Waals surface area contributed by atoms with Crippen LogP contribution < -0.4 is 37.6 Å². The molecule has 0 saturated carbocycles. The molecule has 17 heteroatoms. The maximum absolute atomic E-state index is 12.9. The van der Waals surface area contributed by atoms with Crippen LogP contribution in [0, 0.1) is 5.92 Å². The predicted molar refractivity (Wildman–Crippen MR) is 173 cm³/mol. The SMILES string of the molecule is CC(C)C(Nc1ncc(C=O)s1)C(=O)N[C@@H](C)C(=O)N[C@@H](C)C(=O)N[C@@H](C)C(=O)N[C@@H](C)C(=O)N[C@@H](Cc1ccc(O)cc1)C(N)=O. The van der Waals surface area contributed by atoms with Crippen LogP contribution in [-0.2, 0) is 35.2 Å². The average Bonchev–Trinajstić information content (AvgIpc) is 3.47. The zero-order valence-electron chi connectivity index (χ0n) is 27.0. The van der Waals surface area contributed by atoms with Crippen LogP contribution in [0.25, 0.3) is 0 Å². The molecule has 47 heavy (non-hydrogen) atoms. The van der Waals surface area contributed by atoms with Crippen molar-refractivity contribution in [2.45, 2.75) is 84.2 Å². The van der Waals surface area contributed by atoms with Gasteiger partial charge < -0.3 is 42.7 Å². The van der Waals surface area contributed by atoms with Crippen LogP contribution in [0.4, 0.5) is 5.13 Å². The Morgan fingerprint density at radius 1 is 0.766 bits per heavy atom. The Kier molecular flexibility index (Phi) is 14.3. The Morgan fingerprint density at radius 3 is 1.62 bits per heavy atom. The van der Waals surface area contributed by atoms with Crippen molar-refractivity contribution in [1.82, 2.24) is 31.6 Å². The third kappa shape index (κ3) is 12.0. The first kappa shape index (κ1) is 38.1. The molecule has 1 aromatic heterocycles. The van der Waals surface area contributed by atoms with E-state index in [1.165, 1.54) is 46.0 Å². The molecule has 0 fully saturated rings. The number of primary amides is 1. The van der Waals surface area contributed by atoms with Gasteiger partial charge in [0.25, 0.3) is 0 Å². The molecule has 6 atom stereocenters. The lowest BCUT2D eigenvalue weighted by atomic mass is 10.0. The Labute approximate surface area is 276 Å². The lowest BCUT2D eigenvalue weighted by molar-refractivity contribution is -0.134. The Hall–Kier alpha value is -5.06. The summed E-state index contributed by atoms with van der Waals surface area (Å²) in [6.07, 6.45) is 2.09. The number of aromatic hydroxyl groups is 1. The van der Waals surface area contributed by atoms with Crippen LogP contribution in [0.1, 0.15) is 56.8 Å². The Morgan fingerprint density at radius 2 is 1.21 bits per heavy atom. The van der Waals surface area contributed by atoms with Crippen LogP contribution in [0.15, 0.2) is 30.5 Å². The Balaban J connectivity index is 1.85. The number of nitrogens with zero attached hydrogens (tertiary/aromatic N) is 1. The normalized spacial score (nSPS) is 14.7. The van der Waals surface area contributed by atoms with Gasteiger partial charge in [0.05, 0.1) is 11.1 Å². The van der Waals surface area contributed by atoms with E-state index in [1.54, 1.807) is 26.0 Å². The number of aldehydes is 1. The number of thiazole rings is 1. The van der Waals surface area contributed by atoms with E-state index in [0.717, 1.165) is 11.3 Å². The van der Waals surface area contributed by atoms with E-state index in [2.05, 4.69) is 36.9 Å². The maximum Gasteiger partial charge on any atom is 0.243 e. The number of hydrogen-bond donors (Lipinski definition) is 8. The topological polar surface area (TPSA) is 251 Å². The number of benzene rings is 1. The highest BCUT2D eigenvalue weighted by atomic mass is 32.1. The fraction of sp³-hybridized carbons (Fsp3) is 0.467. The van der Waals surface area contributed by atoms with E-state index in [0.29, 0.717) is 21.9 Å². The van der Waals surface area contributed by atoms with Crippen LogP contribution in [0.5, 0.6) is 5.75 Å². The van der Waals surface area contributed by atoms with E-state index in [9.17, 15) is 38.7 Å². The molecule has 16 nitrogen and oxygen atoms in total. The number of phenols is 1. The van der Waals surface area contributed by atoms with Crippen molar-refractivity contribution < 1.29 is 38.7 Å². The van der Waals surface area contributed by atoms with E-state index < -0.39 is 71.7 Å². The summed E-state index contributed by atoms with van der Waals surface area (Å²) in [5.74, 6) is -4.20. The minimum Gasteiger partial charge on any atom is -0.508 e. The highest BCUT2D eigenvalue weighted by molar-refractivity contribution is 7.17. The van der Waals surface area contributed by atoms with Crippen molar-refractivity contribution in [3.05, 3.63) is 40.9 Å². The molecule has 1 aromatic carbocycles. The standard InChI is InChI=1S/C30H42N8O8S/c1-14(2)23(38-30-32-12-21(13-39)47-30)29(46)36-17(5)27(44)34-15(3)25(42)33-16(4)26(43)35-18(6)28(45)37-22(24(31)41)11-19-7-9-20(40)10-8-19/h7-10,12-18,22-23,40H,11H2,1-6H3,(H2,31,41)(H,32,38)(H,33,42)(H,34,44)(H,35,43)(H,36,46)(H,37,45)/t15-,16-,17-,18-,22-,23?/m0/s1. The molecule has 0 aliphatic heterocycles. The number of anilines is 1. The van der Waals surface area contributed by atoms with Gasteiger partial charge in [-0.15, -0.1) is 0 Å². The van der Waals surface area contributed by atoms with Gasteiger partial charge in [-0.2, -0.15) is 0 Å². The van der Waals surface area contributed by atoms with Gasteiger partial charge in [0.15, 0.2) is 11.4 Å². The third-order valence-corrected chi connectivity index (χ3v) is 7.77. The number of carbonyl (C=O) groups is 7. The van der Waals surface area contributed by atoms with Gasteiger partial charge in [0.1, 0.15) is 42.0 Å². The second-order valence-electron chi connectivity index (χ2n) is 11.3. The summed E-state index contributed by atoms with van der Waals surface area (Å²) in [6.45, 7) is 9.20. The van der Waals surface area contributed by atoms with Gasteiger partial charge in [-0.05, 0) is 51.3 Å². The minimum atomic E-state index is -1.11. The Bertz CT molecular complexity index is 1450. The van der Waals surface area contributed by atoms with Gasteiger partial charge in [-0.25, -0.2) is 4.98 Å². The molecule has 0 spiro atoms. The van der Waals surface area contributed by atoms with Crippen LogP contribution >= 0.6 is 11.3 Å². The third-order valence-electron chi connectivity index (χ3n) is 6.91. The van der Waals surface area contributed by atoms with Gasteiger partial charge in [-0.3, -0.25) is 33.6 Å². The van der Waals surface area contributed by atoms with E-state index in [1.807, 2.05) is 0 Å². The number of carbonyl (C=O) groups excluding carboxylic acids is 7. The molecule has 0 radical (unpaired) electrons. The molecule has 0 aliphatic carbocycles. The van der Waals surface area contributed by atoms with Crippen molar-refractivity contribution in [2.75, 3.05) is 5.32 Å². The smallest absolute Gasteiger partial charge is 0.243 e. The van der Waals surface area contributed by atoms with Crippen molar-refractivity contribution in [3.8, 4) is 5.75 Å². The molecule has 2 rings (SSSR count). The summed E-state index contributed by atoms with van der Waals surface area (Å²) in [6, 6.07) is -0.167. The molecule has 1 heterocycles. The van der Waals surface area contributed by atoms with E-state index in [4.69, 9.17) is 5.73 Å². The fourth-order valence-electron chi connectivity index (χ4n) is 4.04. The predicted octanol–water partition coefficient (Wildman–Crippen LogP) is -0.671. The summed E-state index contributed by atoms with van der Waals surface area (Å²) < 4.78 is 0. The second kappa shape index (κ2) is 17.6. The number of nitrogens with two attached hydrogens (primary N) is 1. The molecular formula is C30H42N8O8S. The van der Waals surface area contributed by atoms with Gasteiger partial charge >= 0.3 is 0 Å². The zero-order valence-corrected chi connectivity index (χ0v) is 27.8. The minimum absolute atomic E-state index is 0.0367. The molecule has 9 N–H and O–H groups in total. The summed E-state index contributed by atoms with van der Waals surface area (Å²) in [5, 5.41) is 25.2. The number of rotatable bonds is 17. The second-order valence-corrected chi connectivity index (χ2v) is 12.4. The number of hydrogen-bond acceptors (Lipinski definition) is 11. The summed E-state index contributed by atoms with van der Waals surface area (Å²) in [5.41, 5.74) is 6.06. The number of phenolic OH excluding ortho intramolecular Hbond substituents is 1. The van der Waals surface area contributed by atoms with Crippen molar-refractivity contribution in [2.24, 2.45) is 11.7 Å². The first-order valence-corrected chi connectivity index (χ1v) is 15.6. The number of aromatic nitrogens is 1. The first-order valence-electron chi connectivity index (χ1n) is 14.8. The van der Waals surface area contributed by atoms with Crippen molar-refractivity contribution in [1.29, 1.82) is 0 Å². The molecule has 2 aromatic rings. The molecule has 6 amide bonds. The average molecular weight is 675 g/mol. The highest BCUT2D eigenvalue weighted by Gasteiger charge is 2.29. The lowest BCUT2D eigenvalue weighted by Crippen LogP contribution is -2.57. The van der Waals surface area contributed by atoms with Crippen LogP contribution in [0.2, 0.25) is 0 Å². The summed E-state index contributed by atoms with van der Waals surface area (Å²) >= 11 is 1.08. The van der Waals surface area contributed by atoms with Gasteiger partial charge in [-0.1, -0.05) is 37.3 Å². The molecule has 1 unspecified atom stereocenters. The highest BCUT2D eigenvalue weighted by Crippen LogP contribution is 2.19. The fourth-order valence-corrected chi connectivity index (χ4v) is 4.71. The van der Waals surface area contributed by atoms with Crippen LogP contribution in [0.3, 0.4) is 0 Å². The largest absolute Gasteiger partial charge is 0.508 e. The molecule has 0 saturated heterocycles. The van der Waals surface area contributed by atoms with E-state index in [-0.39, 0.29) is 18.1 Å². The molecule has 256 valence electrons. The van der Waals surface area contributed by atoms with E-state index >= 15 is 0 Å². The lowest BCUT2D eigenvalue weighted by Gasteiger charge is -2.24. The summed E-state index contributed by atoms with van der Waals surface area (Å²) in [7, 11) is 0. The first-order chi connectivity index (χ1) is 22.0. The van der Waals surface area contributed by atoms with Gasteiger partial charge in [0, 0.05) is 6.42 Å². The summed E-state index contributed by atoms with van der Waals surface area (Å²) in [4.78, 5) is 91.0. The van der Waals surface area contributed by atoms with Crippen LogP contribution in [-0.4, -0.2) is 88.1 Å². The van der Waals surface area contributed by atoms with Crippen molar-refractivity contribution >= 4 is 58.2 Å². The number of nitrogens with one attached hydrogen (secondary N) is 6. The quantitative estimate of drug-likeness (QED) is 0.0983. The van der Waals surface area contributed by atoms with Gasteiger partial charge in [0.2, 0.25) is 35.4 Å². The molecule has 0 bridgehead atoms. The zero-order chi connectivity index (χ0) is 35.4. The molecule has 0 aliphatic rings. The molecular weight excluding hydrogens is 632 g/mol. The maximum atomic E-state index is 12.9. The number of amides is 6. The van der Waals surface area contributed by atoms with Crippen molar-refractivity contribution in [3.63, 3.8) is 0 Å². The monoisotopic (exact) mass is 674 g/mol.